The molecule has 63 heavy (non-hydrogen) atoms. The maximum Gasteiger partial charge on any atom is 0.164 e. The van der Waals surface area contributed by atoms with Crippen LogP contribution in [0.5, 0.6) is 0 Å². The summed E-state index contributed by atoms with van der Waals surface area (Å²) in [7, 11) is 0. The Labute approximate surface area is 369 Å². The highest BCUT2D eigenvalue weighted by Crippen LogP contribution is 2.44. The molecule has 0 atom stereocenters. The smallest absolute Gasteiger partial charge is 0.164 e. The van der Waals surface area contributed by atoms with Gasteiger partial charge in [0, 0.05) is 74.5 Å². The summed E-state index contributed by atoms with van der Waals surface area (Å²) in [6.45, 7) is 0. The van der Waals surface area contributed by atoms with Crippen LogP contribution in [0, 0.1) is 0 Å². The molecule has 294 valence electrons. The van der Waals surface area contributed by atoms with Crippen LogP contribution in [0.15, 0.2) is 194 Å². The fraction of sp³-hybridized carbons (Fsp3) is 0. The quantitative estimate of drug-likeness (QED) is 0.167. The van der Waals surface area contributed by atoms with Crippen LogP contribution in [0.3, 0.4) is 0 Å². The Morgan fingerprint density at radius 2 is 0.921 bits per heavy atom. The lowest BCUT2D eigenvalue weighted by Gasteiger charge is -2.10. The third kappa shape index (κ3) is 5.87. The summed E-state index contributed by atoms with van der Waals surface area (Å²) in [5.74, 6) is 2.58. The van der Waals surface area contributed by atoms with E-state index in [0.29, 0.717) is 17.5 Å². The number of fused-ring (bicyclic) bond motifs is 9. The maximum atomic E-state index is 5.33. The molecule has 13 rings (SSSR count). The number of thiophene rings is 2. The van der Waals surface area contributed by atoms with Crippen molar-refractivity contribution in [2.24, 2.45) is 0 Å². The Hall–Kier alpha value is -7.91. The van der Waals surface area contributed by atoms with E-state index in [1.807, 2.05) is 24.3 Å². The molecular formula is C55H32N6S2. The third-order valence-electron chi connectivity index (χ3n) is 11.9. The molecule has 0 radical (unpaired) electrons. The van der Waals surface area contributed by atoms with Crippen molar-refractivity contribution in [3.8, 4) is 62.5 Å². The van der Waals surface area contributed by atoms with Gasteiger partial charge in [0.05, 0.1) is 26.9 Å². The number of benzene rings is 8. The summed E-state index contributed by atoms with van der Waals surface area (Å²) >= 11 is 3.52. The van der Waals surface area contributed by atoms with Crippen molar-refractivity contribution in [2.75, 3.05) is 0 Å². The van der Waals surface area contributed by atoms with Gasteiger partial charge in [-0.1, -0.05) is 140 Å². The molecule has 8 heteroatoms. The van der Waals surface area contributed by atoms with Crippen molar-refractivity contribution in [1.82, 2.24) is 29.5 Å². The first kappa shape index (κ1) is 35.8. The number of nitrogens with zero attached hydrogens (tertiary/aromatic N) is 6. The normalized spacial score (nSPS) is 11.8. The van der Waals surface area contributed by atoms with Crippen LogP contribution in [-0.2, 0) is 0 Å². The van der Waals surface area contributed by atoms with Crippen LogP contribution in [-0.4, -0.2) is 29.5 Å². The summed E-state index contributed by atoms with van der Waals surface area (Å²) in [6, 6.07) is 67.8. The average Bonchev–Trinajstić information content (AvgIpc) is 4.03. The second kappa shape index (κ2) is 14.3. The summed E-state index contributed by atoms with van der Waals surface area (Å²) in [5, 5.41) is 5.81. The largest absolute Gasteiger partial charge is 0.309 e. The number of hydrogen-bond acceptors (Lipinski definition) is 7. The molecular weight excluding hydrogens is 809 g/mol. The Bertz CT molecular complexity index is 3910. The monoisotopic (exact) mass is 840 g/mol. The van der Waals surface area contributed by atoms with Gasteiger partial charge in [-0.25, -0.2) is 24.9 Å². The highest BCUT2D eigenvalue weighted by Gasteiger charge is 2.21. The number of hydrogen-bond donors (Lipinski definition) is 0. The van der Waals surface area contributed by atoms with E-state index in [2.05, 4.69) is 174 Å². The zero-order valence-electron chi connectivity index (χ0n) is 33.5. The van der Waals surface area contributed by atoms with Crippen LogP contribution < -0.4 is 0 Å². The predicted molar refractivity (Wildman–Crippen MR) is 263 cm³/mol. The van der Waals surface area contributed by atoms with Crippen molar-refractivity contribution in [1.29, 1.82) is 0 Å². The van der Waals surface area contributed by atoms with E-state index in [1.54, 1.807) is 22.7 Å². The second-order valence-corrected chi connectivity index (χ2v) is 17.7. The van der Waals surface area contributed by atoms with Crippen LogP contribution in [0.4, 0.5) is 0 Å². The minimum absolute atomic E-state index is 0.616. The molecule has 5 aromatic heterocycles. The molecule has 8 aromatic carbocycles. The molecule has 0 amide bonds. The van der Waals surface area contributed by atoms with Crippen molar-refractivity contribution >= 4 is 85.0 Å². The number of aromatic nitrogens is 6. The second-order valence-electron chi connectivity index (χ2n) is 15.6. The standard InChI is InChI=1S/C55H32N6S2/c1-4-15-33(16-5-1)48-51-49(41-22-11-13-26-46(41)63-51)57-55(56-48)42-24-14-23-40-43-31-35(28-30-47(43)62-50(40)42)53-58-52(34-17-6-2-7-18-34)59-54(60-53)36-27-29-39-38-21-10-12-25-44(38)61(45(39)32-36)37-19-8-3-9-20-37/h1-32H. The zero-order chi connectivity index (χ0) is 41.4. The topological polar surface area (TPSA) is 69.4 Å². The summed E-state index contributed by atoms with van der Waals surface area (Å²) in [5.41, 5.74) is 10.2. The Morgan fingerprint density at radius 3 is 1.71 bits per heavy atom. The minimum atomic E-state index is 0.616. The van der Waals surface area contributed by atoms with Crippen LogP contribution in [0.1, 0.15) is 0 Å². The van der Waals surface area contributed by atoms with Gasteiger partial charge in [0.25, 0.3) is 0 Å². The Kier molecular flexibility index (Phi) is 8.15. The lowest BCUT2D eigenvalue weighted by atomic mass is 10.1. The molecule has 0 bridgehead atoms. The molecule has 5 heterocycles. The van der Waals surface area contributed by atoms with Gasteiger partial charge in [-0.2, -0.15) is 0 Å². The minimum Gasteiger partial charge on any atom is -0.309 e. The van der Waals surface area contributed by atoms with E-state index in [1.165, 1.54) is 20.2 Å². The van der Waals surface area contributed by atoms with Crippen molar-refractivity contribution in [3.63, 3.8) is 0 Å². The SMILES string of the molecule is c1ccc(-c2nc(-c3ccc4sc5c(-c6nc(-c7ccccc7)c7sc8ccccc8c7n6)cccc5c4c3)nc(-c3ccc4c5ccccc5n(-c5ccccc5)c4c3)n2)cc1. The van der Waals surface area contributed by atoms with Gasteiger partial charge < -0.3 is 4.57 Å². The van der Waals surface area contributed by atoms with Crippen molar-refractivity contribution in [3.05, 3.63) is 194 Å². The van der Waals surface area contributed by atoms with E-state index in [-0.39, 0.29) is 0 Å². The average molecular weight is 841 g/mol. The summed E-state index contributed by atoms with van der Waals surface area (Å²) in [4.78, 5) is 26.2. The molecule has 0 aliphatic carbocycles. The van der Waals surface area contributed by atoms with Crippen LogP contribution >= 0.6 is 22.7 Å². The van der Waals surface area contributed by atoms with Gasteiger partial charge in [-0.15, -0.1) is 22.7 Å². The first-order chi connectivity index (χ1) is 31.2. The first-order valence-corrected chi connectivity index (χ1v) is 22.5. The lowest BCUT2D eigenvalue weighted by molar-refractivity contribution is 1.07. The fourth-order valence-corrected chi connectivity index (χ4v) is 11.3. The molecule has 0 N–H and O–H groups in total. The van der Waals surface area contributed by atoms with E-state index in [4.69, 9.17) is 24.9 Å². The molecule has 0 aliphatic rings. The molecule has 13 aromatic rings. The highest BCUT2D eigenvalue weighted by atomic mass is 32.1. The number of rotatable bonds is 6. The van der Waals surface area contributed by atoms with Crippen LogP contribution in [0.25, 0.3) is 125 Å². The molecule has 6 nitrogen and oxygen atoms in total. The van der Waals surface area contributed by atoms with E-state index in [9.17, 15) is 0 Å². The molecule has 0 unspecified atom stereocenters. The summed E-state index contributed by atoms with van der Waals surface area (Å²) in [6.07, 6.45) is 0. The lowest BCUT2D eigenvalue weighted by Crippen LogP contribution is -2.00. The molecule has 0 spiro atoms. The molecule has 0 saturated carbocycles. The van der Waals surface area contributed by atoms with Crippen LogP contribution in [0.2, 0.25) is 0 Å². The fourth-order valence-electron chi connectivity index (χ4n) is 8.93. The highest BCUT2D eigenvalue weighted by molar-refractivity contribution is 7.26. The first-order valence-electron chi connectivity index (χ1n) is 20.8. The Morgan fingerprint density at radius 1 is 0.333 bits per heavy atom. The van der Waals surface area contributed by atoms with Crippen molar-refractivity contribution in [2.45, 2.75) is 0 Å². The van der Waals surface area contributed by atoms with Crippen molar-refractivity contribution < 1.29 is 0 Å². The van der Waals surface area contributed by atoms with Gasteiger partial charge in [0.15, 0.2) is 23.3 Å². The molecule has 0 fully saturated rings. The van der Waals surface area contributed by atoms with Gasteiger partial charge in [-0.05, 0) is 54.6 Å². The predicted octanol–water partition coefficient (Wildman–Crippen LogP) is 14.8. The third-order valence-corrected chi connectivity index (χ3v) is 14.3. The maximum absolute atomic E-state index is 5.33. The van der Waals surface area contributed by atoms with Gasteiger partial charge in [0.2, 0.25) is 0 Å². The summed E-state index contributed by atoms with van der Waals surface area (Å²) < 4.78 is 6.95. The van der Waals surface area contributed by atoms with E-state index >= 15 is 0 Å². The van der Waals surface area contributed by atoms with Gasteiger partial charge in [0.1, 0.15) is 0 Å². The molecule has 0 aliphatic heterocycles. The van der Waals surface area contributed by atoms with E-state index in [0.717, 1.165) is 87.1 Å². The van der Waals surface area contributed by atoms with Gasteiger partial charge in [-0.3, -0.25) is 0 Å². The zero-order valence-corrected chi connectivity index (χ0v) is 35.1. The molecule has 0 saturated heterocycles. The number of para-hydroxylation sites is 2. The Balaban J connectivity index is 0.980. The van der Waals surface area contributed by atoms with Gasteiger partial charge >= 0.3 is 0 Å². The van der Waals surface area contributed by atoms with E-state index < -0.39 is 0 Å².